The molecule has 2 aromatic carbocycles. The van der Waals surface area contributed by atoms with Crippen molar-refractivity contribution in [1.29, 1.82) is 0 Å². The van der Waals surface area contributed by atoms with Gasteiger partial charge in [-0.1, -0.05) is 29.3 Å². The Labute approximate surface area is 161 Å². The summed E-state index contributed by atoms with van der Waals surface area (Å²) in [5, 5.41) is 5.29. The third kappa shape index (κ3) is 4.30. The van der Waals surface area contributed by atoms with E-state index in [2.05, 4.69) is 9.82 Å². The van der Waals surface area contributed by atoms with Crippen LogP contribution in [0.3, 0.4) is 0 Å². The van der Waals surface area contributed by atoms with Crippen molar-refractivity contribution in [2.24, 2.45) is 0 Å². The summed E-state index contributed by atoms with van der Waals surface area (Å²) >= 11 is 12.0. The van der Waals surface area contributed by atoms with Crippen LogP contribution in [-0.4, -0.2) is 25.3 Å². The Hall–Kier alpha value is -2.22. The zero-order chi connectivity index (χ0) is 18.7. The second-order valence-corrected chi connectivity index (χ2v) is 7.94. The number of halogens is 2. The SMILES string of the molecule is COc1ccc(S(=O)(=O)Nc2ccn(Cc3ccc(Cl)cc3Cl)n2)cc1. The molecule has 3 aromatic rings. The minimum Gasteiger partial charge on any atom is -0.497 e. The van der Waals surface area contributed by atoms with Crippen LogP contribution in [0.15, 0.2) is 59.6 Å². The quantitative estimate of drug-likeness (QED) is 0.663. The fraction of sp³-hybridized carbons (Fsp3) is 0.118. The average Bonchev–Trinajstić information content (AvgIpc) is 3.04. The molecule has 1 aromatic heterocycles. The number of nitrogens with one attached hydrogen (secondary N) is 1. The van der Waals surface area contributed by atoms with Crippen molar-refractivity contribution >= 4 is 39.0 Å². The second kappa shape index (κ2) is 7.57. The van der Waals surface area contributed by atoms with Crippen LogP contribution in [0.1, 0.15) is 5.56 Å². The molecule has 0 fully saturated rings. The van der Waals surface area contributed by atoms with Crippen LogP contribution in [0.4, 0.5) is 5.82 Å². The number of sulfonamides is 1. The van der Waals surface area contributed by atoms with Crippen molar-refractivity contribution in [2.45, 2.75) is 11.4 Å². The van der Waals surface area contributed by atoms with E-state index in [0.29, 0.717) is 22.3 Å². The third-order valence-corrected chi connectivity index (χ3v) is 5.55. The Kier molecular flexibility index (Phi) is 5.41. The monoisotopic (exact) mass is 411 g/mol. The number of hydrogen-bond donors (Lipinski definition) is 1. The van der Waals surface area contributed by atoms with Crippen molar-refractivity contribution in [3.8, 4) is 5.75 Å². The molecule has 1 heterocycles. The molecule has 0 unspecified atom stereocenters. The lowest BCUT2D eigenvalue weighted by atomic mass is 10.2. The summed E-state index contributed by atoms with van der Waals surface area (Å²) < 4.78 is 33.9. The first-order valence-corrected chi connectivity index (χ1v) is 9.75. The smallest absolute Gasteiger partial charge is 0.263 e. The second-order valence-electron chi connectivity index (χ2n) is 5.42. The zero-order valence-electron chi connectivity index (χ0n) is 13.7. The lowest BCUT2D eigenvalue weighted by molar-refractivity contribution is 0.414. The Bertz CT molecular complexity index is 1020. The molecule has 1 N–H and O–H groups in total. The van der Waals surface area contributed by atoms with Gasteiger partial charge in [-0.3, -0.25) is 9.40 Å². The first kappa shape index (κ1) is 18.6. The Morgan fingerprint density at radius 1 is 1.12 bits per heavy atom. The summed E-state index contributed by atoms with van der Waals surface area (Å²) in [6.07, 6.45) is 1.66. The molecule has 0 aliphatic heterocycles. The zero-order valence-corrected chi connectivity index (χ0v) is 16.0. The maximum absolute atomic E-state index is 12.4. The van der Waals surface area contributed by atoms with Gasteiger partial charge < -0.3 is 4.74 Å². The predicted octanol–water partition coefficient (Wildman–Crippen LogP) is 4.05. The van der Waals surface area contributed by atoms with Gasteiger partial charge in [-0.2, -0.15) is 5.10 Å². The van der Waals surface area contributed by atoms with Crippen LogP contribution >= 0.6 is 23.2 Å². The molecule has 0 saturated carbocycles. The number of nitrogens with zero attached hydrogens (tertiary/aromatic N) is 2. The Morgan fingerprint density at radius 2 is 1.85 bits per heavy atom. The highest BCUT2D eigenvalue weighted by Gasteiger charge is 2.16. The van der Waals surface area contributed by atoms with Gasteiger partial charge >= 0.3 is 0 Å². The maximum atomic E-state index is 12.4. The summed E-state index contributed by atoms with van der Waals surface area (Å²) in [6.45, 7) is 0.389. The number of ether oxygens (including phenoxy) is 1. The van der Waals surface area contributed by atoms with Gasteiger partial charge in [0.1, 0.15) is 5.75 Å². The highest BCUT2D eigenvalue weighted by Crippen LogP contribution is 2.22. The molecule has 9 heteroatoms. The van der Waals surface area contributed by atoms with Crippen LogP contribution < -0.4 is 9.46 Å². The normalized spacial score (nSPS) is 11.3. The van der Waals surface area contributed by atoms with Crippen LogP contribution in [0.5, 0.6) is 5.75 Å². The van der Waals surface area contributed by atoms with Gasteiger partial charge in [-0.15, -0.1) is 0 Å². The number of hydrogen-bond acceptors (Lipinski definition) is 4. The number of rotatable bonds is 6. The highest BCUT2D eigenvalue weighted by molar-refractivity contribution is 7.92. The highest BCUT2D eigenvalue weighted by atomic mass is 35.5. The van der Waals surface area contributed by atoms with E-state index in [4.69, 9.17) is 27.9 Å². The summed E-state index contributed by atoms with van der Waals surface area (Å²) in [5.41, 5.74) is 0.823. The van der Waals surface area contributed by atoms with Gasteiger partial charge in [0.05, 0.1) is 18.6 Å². The molecule has 136 valence electrons. The van der Waals surface area contributed by atoms with E-state index in [9.17, 15) is 8.42 Å². The van der Waals surface area contributed by atoms with Crippen LogP contribution in [0.25, 0.3) is 0 Å². The number of benzene rings is 2. The Balaban J connectivity index is 1.74. The molecule has 3 rings (SSSR count). The summed E-state index contributed by atoms with van der Waals surface area (Å²) in [6, 6.07) is 12.8. The average molecular weight is 412 g/mol. The minimum absolute atomic E-state index is 0.119. The van der Waals surface area contributed by atoms with Gasteiger partial charge in [0.25, 0.3) is 10.0 Å². The van der Waals surface area contributed by atoms with Gasteiger partial charge in [0, 0.05) is 22.3 Å². The van der Waals surface area contributed by atoms with E-state index < -0.39 is 10.0 Å². The van der Waals surface area contributed by atoms with Crippen LogP contribution in [0, 0.1) is 0 Å². The molecule has 0 aliphatic rings. The number of anilines is 1. The Morgan fingerprint density at radius 3 is 2.50 bits per heavy atom. The lowest BCUT2D eigenvalue weighted by Crippen LogP contribution is -2.13. The van der Waals surface area contributed by atoms with Crippen molar-refractivity contribution in [1.82, 2.24) is 9.78 Å². The largest absolute Gasteiger partial charge is 0.497 e. The van der Waals surface area contributed by atoms with Crippen LogP contribution in [-0.2, 0) is 16.6 Å². The molecule has 0 aliphatic carbocycles. The number of aromatic nitrogens is 2. The summed E-state index contributed by atoms with van der Waals surface area (Å²) in [7, 11) is -2.22. The van der Waals surface area contributed by atoms with Crippen molar-refractivity contribution in [3.63, 3.8) is 0 Å². The van der Waals surface area contributed by atoms with Crippen LogP contribution in [0.2, 0.25) is 10.0 Å². The van der Waals surface area contributed by atoms with E-state index >= 15 is 0 Å². The molecular weight excluding hydrogens is 397 g/mol. The summed E-state index contributed by atoms with van der Waals surface area (Å²) in [5.74, 6) is 0.791. The topological polar surface area (TPSA) is 73.2 Å². The van der Waals surface area contributed by atoms with Gasteiger partial charge in [0.2, 0.25) is 0 Å². The van der Waals surface area contributed by atoms with E-state index in [1.54, 1.807) is 47.3 Å². The molecule has 0 amide bonds. The minimum atomic E-state index is -3.74. The van der Waals surface area contributed by atoms with Crippen molar-refractivity contribution in [2.75, 3.05) is 11.8 Å². The fourth-order valence-corrected chi connectivity index (χ4v) is 3.74. The van der Waals surface area contributed by atoms with E-state index in [1.807, 2.05) is 0 Å². The molecule has 0 atom stereocenters. The molecule has 0 radical (unpaired) electrons. The first-order valence-electron chi connectivity index (χ1n) is 7.51. The molecular formula is C17H15Cl2N3O3S. The van der Waals surface area contributed by atoms with E-state index in [0.717, 1.165) is 5.56 Å². The molecule has 0 saturated heterocycles. The third-order valence-electron chi connectivity index (χ3n) is 3.60. The first-order chi connectivity index (χ1) is 12.4. The van der Waals surface area contributed by atoms with E-state index in [1.165, 1.54) is 19.2 Å². The van der Waals surface area contributed by atoms with Gasteiger partial charge in [-0.05, 0) is 42.0 Å². The van der Waals surface area contributed by atoms with Gasteiger partial charge in [-0.25, -0.2) is 8.42 Å². The van der Waals surface area contributed by atoms with Gasteiger partial charge in [0.15, 0.2) is 5.82 Å². The standard InChI is InChI=1S/C17H15Cl2N3O3S/c1-25-14-4-6-15(7-5-14)26(23,24)21-17-8-9-22(20-17)11-12-2-3-13(18)10-16(12)19/h2-10H,11H2,1H3,(H,20,21). The fourth-order valence-electron chi connectivity index (χ4n) is 2.28. The van der Waals surface area contributed by atoms with Crippen molar-refractivity contribution in [3.05, 3.63) is 70.3 Å². The van der Waals surface area contributed by atoms with E-state index in [-0.39, 0.29) is 10.7 Å². The maximum Gasteiger partial charge on any atom is 0.263 e. The molecule has 26 heavy (non-hydrogen) atoms. The number of methoxy groups -OCH3 is 1. The predicted molar refractivity (Wildman–Crippen MR) is 102 cm³/mol. The van der Waals surface area contributed by atoms with Crippen molar-refractivity contribution < 1.29 is 13.2 Å². The lowest BCUT2D eigenvalue weighted by Gasteiger charge is -2.07. The molecule has 6 nitrogen and oxygen atoms in total. The molecule has 0 bridgehead atoms. The summed E-state index contributed by atoms with van der Waals surface area (Å²) in [4.78, 5) is 0.119. The molecule has 0 spiro atoms.